The van der Waals surface area contributed by atoms with Crippen LogP contribution < -0.4 is 15.6 Å². The number of amides is 2. The lowest BCUT2D eigenvalue weighted by molar-refractivity contribution is -0.139. The largest absolute Gasteiger partial charge is 0.345 e. The fourth-order valence-electron chi connectivity index (χ4n) is 2.57. The van der Waals surface area contributed by atoms with Gasteiger partial charge in [-0.1, -0.05) is 0 Å². The zero-order valence-electron chi connectivity index (χ0n) is 14.5. The highest BCUT2D eigenvalue weighted by Gasteiger charge is 2.28. The summed E-state index contributed by atoms with van der Waals surface area (Å²) in [5.74, 6) is -1.87. The highest BCUT2D eigenvalue weighted by atomic mass is 32.2. The van der Waals surface area contributed by atoms with Gasteiger partial charge in [0.15, 0.2) is 0 Å². The summed E-state index contributed by atoms with van der Waals surface area (Å²) >= 11 is 0. The molecule has 0 aromatic heterocycles. The van der Waals surface area contributed by atoms with Gasteiger partial charge in [0.1, 0.15) is 0 Å². The number of benzene rings is 1. The quantitative estimate of drug-likeness (QED) is 0.550. The Labute approximate surface area is 142 Å². The van der Waals surface area contributed by atoms with E-state index in [-0.39, 0.29) is 10.9 Å². The maximum absolute atomic E-state index is 12.6. The van der Waals surface area contributed by atoms with Crippen molar-refractivity contribution in [2.45, 2.75) is 58.4 Å². The Hall–Kier alpha value is -1.93. The predicted molar refractivity (Wildman–Crippen MR) is 89.8 cm³/mol. The average Bonchev–Trinajstić information content (AvgIpc) is 3.32. The van der Waals surface area contributed by atoms with E-state index in [2.05, 4.69) is 5.32 Å². The summed E-state index contributed by atoms with van der Waals surface area (Å²) in [5, 5.41) is 2.49. The van der Waals surface area contributed by atoms with E-state index in [1.165, 1.54) is 0 Å². The van der Waals surface area contributed by atoms with Crippen molar-refractivity contribution in [2.75, 3.05) is 0 Å². The van der Waals surface area contributed by atoms with E-state index >= 15 is 0 Å². The highest BCUT2D eigenvalue weighted by Crippen LogP contribution is 2.29. The lowest BCUT2D eigenvalue weighted by Crippen LogP contribution is -2.49. The van der Waals surface area contributed by atoms with Crippen LogP contribution in [0.4, 0.5) is 0 Å². The number of hydrogen-bond acceptors (Lipinski definition) is 4. The van der Waals surface area contributed by atoms with Crippen LogP contribution in [0, 0.1) is 34.6 Å². The molecule has 1 aliphatic carbocycles. The number of nitrogens with one attached hydrogen (secondary N) is 3. The van der Waals surface area contributed by atoms with Crippen LogP contribution >= 0.6 is 0 Å². The van der Waals surface area contributed by atoms with Gasteiger partial charge >= 0.3 is 11.8 Å². The Bertz CT molecular complexity index is 782. The van der Waals surface area contributed by atoms with Crippen molar-refractivity contribution in [3.8, 4) is 0 Å². The minimum Gasteiger partial charge on any atom is -0.345 e. The van der Waals surface area contributed by atoms with E-state index < -0.39 is 21.8 Å². The molecule has 24 heavy (non-hydrogen) atoms. The smallest absolute Gasteiger partial charge is 0.324 e. The van der Waals surface area contributed by atoms with E-state index in [1.807, 2.05) is 31.0 Å². The summed E-state index contributed by atoms with van der Waals surface area (Å²) in [7, 11) is -3.99. The number of carbonyl (C=O) groups is 2. The monoisotopic (exact) mass is 353 g/mol. The van der Waals surface area contributed by atoms with E-state index in [9.17, 15) is 18.0 Å². The molecular formula is C16H23N3O4S. The van der Waals surface area contributed by atoms with Crippen LogP contribution in [0.2, 0.25) is 0 Å². The highest BCUT2D eigenvalue weighted by molar-refractivity contribution is 7.89. The molecule has 0 bridgehead atoms. The van der Waals surface area contributed by atoms with Gasteiger partial charge in [-0.15, -0.1) is 4.83 Å². The topological polar surface area (TPSA) is 104 Å². The summed E-state index contributed by atoms with van der Waals surface area (Å²) in [5.41, 5.74) is 6.03. The second-order valence-corrected chi connectivity index (χ2v) is 7.88. The van der Waals surface area contributed by atoms with Gasteiger partial charge in [0.05, 0.1) is 4.90 Å². The zero-order chi connectivity index (χ0) is 18.2. The Morgan fingerprint density at radius 3 is 1.75 bits per heavy atom. The molecule has 132 valence electrons. The van der Waals surface area contributed by atoms with E-state index in [4.69, 9.17) is 0 Å². The van der Waals surface area contributed by atoms with Crippen molar-refractivity contribution in [2.24, 2.45) is 0 Å². The fraction of sp³-hybridized carbons (Fsp3) is 0.500. The van der Waals surface area contributed by atoms with Crippen LogP contribution in [-0.2, 0) is 19.6 Å². The number of hydrazine groups is 1. The maximum atomic E-state index is 12.6. The minimum atomic E-state index is -3.99. The first-order valence-corrected chi connectivity index (χ1v) is 9.24. The Morgan fingerprint density at radius 1 is 0.833 bits per heavy atom. The van der Waals surface area contributed by atoms with Crippen LogP contribution in [0.15, 0.2) is 4.90 Å². The summed E-state index contributed by atoms with van der Waals surface area (Å²) in [6.45, 7) is 9.12. The Morgan fingerprint density at radius 2 is 1.29 bits per heavy atom. The molecule has 3 N–H and O–H groups in total. The van der Waals surface area contributed by atoms with Gasteiger partial charge < -0.3 is 5.32 Å². The van der Waals surface area contributed by atoms with Crippen LogP contribution in [0.25, 0.3) is 0 Å². The third kappa shape index (κ3) is 3.59. The number of sulfonamides is 1. The second-order valence-electron chi connectivity index (χ2n) is 6.26. The number of rotatable bonds is 4. The molecule has 0 radical (unpaired) electrons. The minimum absolute atomic E-state index is 0.0201. The average molecular weight is 353 g/mol. The van der Waals surface area contributed by atoms with Gasteiger partial charge in [-0.25, -0.2) is 8.42 Å². The van der Waals surface area contributed by atoms with E-state index in [0.29, 0.717) is 11.1 Å². The van der Waals surface area contributed by atoms with Crippen molar-refractivity contribution in [1.82, 2.24) is 15.6 Å². The van der Waals surface area contributed by atoms with Gasteiger partial charge in [0, 0.05) is 6.04 Å². The first-order chi connectivity index (χ1) is 11.1. The molecule has 0 atom stereocenters. The normalized spacial score (nSPS) is 14.4. The molecule has 0 heterocycles. The number of hydrogen-bond donors (Lipinski definition) is 3. The molecule has 1 saturated carbocycles. The molecule has 2 amide bonds. The Balaban J connectivity index is 2.21. The summed E-state index contributed by atoms with van der Waals surface area (Å²) in [6.07, 6.45) is 1.68. The SMILES string of the molecule is Cc1c(C)c(C)c(S(=O)(=O)NNC(=O)C(=O)NC2CC2)c(C)c1C. The predicted octanol–water partition coefficient (Wildman–Crippen LogP) is 0.817. The summed E-state index contributed by atoms with van der Waals surface area (Å²) < 4.78 is 25.2. The Kier molecular flexibility index (Phi) is 5.00. The molecule has 1 aliphatic rings. The van der Waals surface area contributed by atoms with Crippen molar-refractivity contribution in [3.63, 3.8) is 0 Å². The van der Waals surface area contributed by atoms with Crippen molar-refractivity contribution in [3.05, 3.63) is 27.8 Å². The molecule has 1 aromatic carbocycles. The van der Waals surface area contributed by atoms with Crippen molar-refractivity contribution >= 4 is 21.8 Å². The van der Waals surface area contributed by atoms with Gasteiger partial charge in [-0.05, 0) is 75.3 Å². The van der Waals surface area contributed by atoms with Crippen LogP contribution in [0.3, 0.4) is 0 Å². The molecule has 0 saturated heterocycles. The molecule has 0 unspecified atom stereocenters. The first kappa shape index (κ1) is 18.4. The third-order valence-corrected chi connectivity index (χ3v) is 6.14. The van der Waals surface area contributed by atoms with Gasteiger partial charge in [0.25, 0.3) is 10.0 Å². The lowest BCUT2D eigenvalue weighted by atomic mass is 9.95. The molecule has 7 nitrogen and oxygen atoms in total. The summed E-state index contributed by atoms with van der Waals surface area (Å²) in [6, 6.07) is 0.0201. The molecule has 2 rings (SSSR count). The van der Waals surface area contributed by atoms with Gasteiger partial charge in [-0.2, -0.15) is 0 Å². The van der Waals surface area contributed by atoms with E-state index in [1.54, 1.807) is 13.8 Å². The standard InChI is InChI=1S/C16H23N3O4S/c1-8-9(2)11(4)14(12(5)10(8)3)24(22,23)19-18-16(21)15(20)17-13-6-7-13/h13,19H,6-7H2,1-5H3,(H,17,20)(H,18,21). The fourth-order valence-corrected chi connectivity index (χ4v) is 4.01. The van der Waals surface area contributed by atoms with Crippen LogP contribution in [-0.4, -0.2) is 26.3 Å². The van der Waals surface area contributed by atoms with Gasteiger partial charge in [-0.3, -0.25) is 15.0 Å². The van der Waals surface area contributed by atoms with Crippen LogP contribution in [0.1, 0.15) is 40.7 Å². The van der Waals surface area contributed by atoms with Crippen molar-refractivity contribution in [1.29, 1.82) is 0 Å². The lowest BCUT2D eigenvalue weighted by Gasteiger charge is -2.19. The maximum Gasteiger partial charge on any atom is 0.324 e. The zero-order valence-corrected chi connectivity index (χ0v) is 15.3. The van der Waals surface area contributed by atoms with Crippen molar-refractivity contribution < 1.29 is 18.0 Å². The molecule has 1 fully saturated rings. The molecule has 0 spiro atoms. The molecule has 8 heteroatoms. The third-order valence-electron chi connectivity index (χ3n) is 4.62. The molecular weight excluding hydrogens is 330 g/mol. The first-order valence-electron chi connectivity index (χ1n) is 7.76. The molecule has 0 aliphatic heterocycles. The van der Waals surface area contributed by atoms with E-state index in [0.717, 1.165) is 29.5 Å². The van der Waals surface area contributed by atoms with Gasteiger partial charge in [0.2, 0.25) is 0 Å². The number of carbonyl (C=O) groups excluding carboxylic acids is 2. The summed E-state index contributed by atoms with van der Waals surface area (Å²) in [4.78, 5) is 25.4. The second kappa shape index (κ2) is 6.52. The molecule has 1 aromatic rings. The van der Waals surface area contributed by atoms with Crippen LogP contribution in [0.5, 0.6) is 0 Å².